The van der Waals surface area contributed by atoms with Crippen molar-refractivity contribution in [3.63, 3.8) is 0 Å². The standard InChI is InChI=1S/C4H7Cl.Mg.2H/c5-4-2-1-3-4;;;/h4H,1-3H2;;;. The quantitative estimate of drug-likeness (QED) is 0.326. The molecule has 0 aromatic rings. The third-order valence-corrected chi connectivity index (χ3v) is 1.47. The molecule has 0 heterocycles. The zero-order valence-corrected chi connectivity index (χ0v) is 3.83. The number of hydrogen-bond donors (Lipinski definition) is 0. The van der Waals surface area contributed by atoms with E-state index in [1.165, 1.54) is 19.3 Å². The van der Waals surface area contributed by atoms with Crippen molar-refractivity contribution in [2.24, 2.45) is 0 Å². The van der Waals surface area contributed by atoms with Gasteiger partial charge in [0.05, 0.1) is 0 Å². The SMILES string of the molecule is ClC1CCC1.[MgH2]. The van der Waals surface area contributed by atoms with Crippen LogP contribution >= 0.6 is 11.6 Å². The molecule has 2 heteroatoms. The Hall–Kier alpha value is 1.06. The van der Waals surface area contributed by atoms with Gasteiger partial charge in [-0.15, -0.1) is 11.6 Å². The molecule has 1 rings (SSSR count). The molecule has 0 bridgehead atoms. The van der Waals surface area contributed by atoms with Gasteiger partial charge in [-0.2, -0.15) is 0 Å². The number of hydrogen-bond acceptors (Lipinski definition) is 0. The predicted octanol–water partition coefficient (Wildman–Crippen LogP) is 0.861. The lowest BCUT2D eigenvalue weighted by Gasteiger charge is -2.16. The average molecular weight is 117 g/mol. The minimum Gasteiger partial charge on any atom is -0.123 e. The average Bonchev–Trinajstić information content (AvgIpc) is 1.30. The maximum absolute atomic E-state index is 5.55. The fourth-order valence-electron chi connectivity index (χ4n) is 0.358. The fourth-order valence-corrected chi connectivity index (χ4v) is 0.667. The van der Waals surface area contributed by atoms with Gasteiger partial charge in [0, 0.05) is 5.38 Å². The van der Waals surface area contributed by atoms with Crippen LogP contribution in [-0.2, 0) is 0 Å². The van der Waals surface area contributed by atoms with E-state index in [-0.39, 0.29) is 23.1 Å². The lowest BCUT2D eigenvalue weighted by molar-refractivity contribution is 0.514. The van der Waals surface area contributed by atoms with Crippen LogP contribution in [0.1, 0.15) is 19.3 Å². The highest BCUT2D eigenvalue weighted by Gasteiger charge is 2.11. The second-order valence-electron chi connectivity index (χ2n) is 1.53. The molecule has 0 spiro atoms. The highest BCUT2D eigenvalue weighted by atomic mass is 35.5. The summed E-state index contributed by atoms with van der Waals surface area (Å²) in [5, 5.41) is 0.537. The van der Waals surface area contributed by atoms with Crippen LogP contribution in [0.4, 0.5) is 0 Å². The van der Waals surface area contributed by atoms with Crippen molar-refractivity contribution in [1.82, 2.24) is 0 Å². The highest BCUT2D eigenvalue weighted by molar-refractivity contribution is 6.21. The van der Waals surface area contributed by atoms with E-state index in [0.717, 1.165) is 0 Å². The van der Waals surface area contributed by atoms with Gasteiger partial charge in [0.2, 0.25) is 0 Å². The minimum atomic E-state index is 0. The van der Waals surface area contributed by atoms with Crippen LogP contribution in [0.25, 0.3) is 0 Å². The topological polar surface area (TPSA) is 0 Å². The van der Waals surface area contributed by atoms with Crippen LogP contribution in [0.15, 0.2) is 0 Å². The summed E-state index contributed by atoms with van der Waals surface area (Å²) in [5.74, 6) is 0. The molecule has 1 aliphatic rings. The lowest BCUT2D eigenvalue weighted by Crippen LogP contribution is -2.08. The molecule has 1 fully saturated rings. The maximum atomic E-state index is 5.55. The second-order valence-corrected chi connectivity index (χ2v) is 2.15. The number of halogens is 1. The van der Waals surface area contributed by atoms with Crippen molar-refractivity contribution in [2.75, 3.05) is 0 Å². The monoisotopic (exact) mass is 116 g/mol. The molecule has 0 saturated heterocycles. The zero-order valence-electron chi connectivity index (χ0n) is 3.08. The van der Waals surface area contributed by atoms with Crippen LogP contribution in [-0.4, -0.2) is 28.4 Å². The highest BCUT2D eigenvalue weighted by Crippen LogP contribution is 2.23. The summed E-state index contributed by atoms with van der Waals surface area (Å²) in [4.78, 5) is 0. The molecular weight excluding hydrogens is 108 g/mol. The Bertz CT molecular complexity index is 34.5. The van der Waals surface area contributed by atoms with E-state index in [4.69, 9.17) is 11.6 Å². The van der Waals surface area contributed by atoms with Crippen LogP contribution in [0.3, 0.4) is 0 Å². The van der Waals surface area contributed by atoms with Crippen LogP contribution < -0.4 is 0 Å². The van der Waals surface area contributed by atoms with Gasteiger partial charge in [-0.25, -0.2) is 0 Å². The smallest absolute Gasteiger partial charge is 0.123 e. The first-order valence-electron chi connectivity index (χ1n) is 2.03. The van der Waals surface area contributed by atoms with E-state index in [1.807, 2.05) is 0 Å². The first-order valence-corrected chi connectivity index (χ1v) is 2.47. The van der Waals surface area contributed by atoms with Gasteiger partial charge in [-0.05, 0) is 12.8 Å². The van der Waals surface area contributed by atoms with E-state index in [0.29, 0.717) is 5.38 Å². The molecule has 0 N–H and O–H groups in total. The number of alkyl halides is 1. The Labute approximate surface area is 59.4 Å². The summed E-state index contributed by atoms with van der Waals surface area (Å²) in [7, 11) is 0. The molecular formula is C4H9ClMg. The van der Waals surface area contributed by atoms with Crippen molar-refractivity contribution >= 4 is 34.7 Å². The van der Waals surface area contributed by atoms with Crippen molar-refractivity contribution < 1.29 is 0 Å². The fraction of sp³-hybridized carbons (Fsp3) is 1.00. The molecule has 6 heavy (non-hydrogen) atoms. The summed E-state index contributed by atoms with van der Waals surface area (Å²) in [6, 6.07) is 0. The van der Waals surface area contributed by atoms with Crippen LogP contribution in [0, 0.1) is 0 Å². The Balaban J connectivity index is 0.000000250. The van der Waals surface area contributed by atoms with Gasteiger partial charge >= 0.3 is 23.1 Å². The van der Waals surface area contributed by atoms with Crippen molar-refractivity contribution in [2.45, 2.75) is 24.6 Å². The molecule has 0 aromatic heterocycles. The van der Waals surface area contributed by atoms with Gasteiger partial charge in [0.15, 0.2) is 0 Å². The van der Waals surface area contributed by atoms with Gasteiger partial charge in [-0.3, -0.25) is 0 Å². The summed E-state index contributed by atoms with van der Waals surface area (Å²) in [6.45, 7) is 0. The predicted molar refractivity (Wildman–Crippen MR) is 32.0 cm³/mol. The van der Waals surface area contributed by atoms with Gasteiger partial charge in [-0.1, -0.05) is 6.42 Å². The van der Waals surface area contributed by atoms with Crippen molar-refractivity contribution in [3.8, 4) is 0 Å². The van der Waals surface area contributed by atoms with Crippen LogP contribution in [0.5, 0.6) is 0 Å². The van der Waals surface area contributed by atoms with E-state index in [9.17, 15) is 0 Å². The number of rotatable bonds is 0. The van der Waals surface area contributed by atoms with Crippen molar-refractivity contribution in [3.05, 3.63) is 0 Å². The summed E-state index contributed by atoms with van der Waals surface area (Å²) in [5.41, 5.74) is 0. The molecule has 0 aliphatic heterocycles. The molecule has 0 atom stereocenters. The normalized spacial score (nSPS) is 21.5. The molecule has 0 aromatic carbocycles. The van der Waals surface area contributed by atoms with Crippen LogP contribution in [0.2, 0.25) is 0 Å². The Morgan fingerprint density at radius 2 is 1.67 bits per heavy atom. The molecule has 1 aliphatic carbocycles. The zero-order chi connectivity index (χ0) is 3.70. The van der Waals surface area contributed by atoms with Crippen molar-refractivity contribution in [1.29, 1.82) is 0 Å². The molecule has 0 amide bonds. The lowest BCUT2D eigenvalue weighted by atomic mass is 10.0. The molecule has 0 nitrogen and oxygen atoms in total. The Morgan fingerprint density at radius 1 is 1.33 bits per heavy atom. The molecule has 1 saturated carbocycles. The first-order chi connectivity index (χ1) is 2.39. The molecule has 0 unspecified atom stereocenters. The van der Waals surface area contributed by atoms with E-state index >= 15 is 0 Å². The van der Waals surface area contributed by atoms with Gasteiger partial charge in [0.25, 0.3) is 0 Å². The molecule has 0 radical (unpaired) electrons. The van der Waals surface area contributed by atoms with E-state index in [2.05, 4.69) is 0 Å². The second kappa shape index (κ2) is 3.11. The Morgan fingerprint density at radius 3 is 1.67 bits per heavy atom. The minimum absolute atomic E-state index is 0. The van der Waals surface area contributed by atoms with E-state index < -0.39 is 0 Å². The van der Waals surface area contributed by atoms with Gasteiger partial charge < -0.3 is 0 Å². The van der Waals surface area contributed by atoms with E-state index in [1.54, 1.807) is 0 Å². The Kier molecular flexibility index (Phi) is 3.66. The summed E-state index contributed by atoms with van der Waals surface area (Å²) >= 11 is 5.55. The molecule has 34 valence electrons. The van der Waals surface area contributed by atoms with Gasteiger partial charge in [0.1, 0.15) is 0 Å². The largest absolute Gasteiger partial charge is 0.316 e. The summed E-state index contributed by atoms with van der Waals surface area (Å²) < 4.78 is 0. The summed E-state index contributed by atoms with van der Waals surface area (Å²) in [6.07, 6.45) is 3.86. The third kappa shape index (κ3) is 1.67. The first kappa shape index (κ1) is 7.06. The maximum Gasteiger partial charge on any atom is 0.316 e. The third-order valence-electron chi connectivity index (χ3n) is 1.03.